The number of carbonyl (C=O) groups excluding carboxylic acids is 1. The monoisotopic (exact) mass is 621 g/mol. The maximum atomic E-state index is 13.9. The fraction of sp³-hybridized carbons (Fsp3) is 0.138. The first-order valence-corrected chi connectivity index (χ1v) is 13.8. The maximum Gasteiger partial charge on any atom is 0.273 e. The normalized spacial score (nSPS) is 13.1. The fourth-order valence-electron chi connectivity index (χ4n) is 5.14. The van der Waals surface area contributed by atoms with Crippen molar-refractivity contribution >= 4 is 60.7 Å². The van der Waals surface area contributed by atoms with Gasteiger partial charge in [-0.05, 0) is 72.9 Å². The zero-order chi connectivity index (χ0) is 24.8. The lowest BCUT2D eigenvalue weighted by atomic mass is 9.98. The molecular formula is C29H22Br2ClN3O. The van der Waals surface area contributed by atoms with Gasteiger partial charge in [-0.2, -0.15) is 0 Å². The van der Waals surface area contributed by atoms with E-state index in [2.05, 4.69) is 88.7 Å². The van der Waals surface area contributed by atoms with E-state index in [1.807, 2.05) is 24.3 Å². The number of carbonyl (C=O) groups is 1. The average molecular weight is 624 g/mol. The molecule has 0 spiro atoms. The summed E-state index contributed by atoms with van der Waals surface area (Å²) >= 11 is 13.3. The van der Waals surface area contributed by atoms with E-state index >= 15 is 0 Å². The van der Waals surface area contributed by atoms with Crippen molar-refractivity contribution in [2.45, 2.75) is 25.8 Å². The summed E-state index contributed by atoms with van der Waals surface area (Å²) in [6, 6.07) is 23.8. The van der Waals surface area contributed by atoms with Crippen molar-refractivity contribution in [3.05, 3.63) is 104 Å². The van der Waals surface area contributed by atoms with Crippen molar-refractivity contribution < 1.29 is 4.79 Å². The second kappa shape index (κ2) is 9.58. The summed E-state index contributed by atoms with van der Waals surface area (Å²) < 4.78 is 6.52. The number of nitrogens with one attached hydrogen (secondary N) is 1. The van der Waals surface area contributed by atoms with Gasteiger partial charge >= 0.3 is 0 Å². The zero-order valence-corrected chi connectivity index (χ0v) is 23.2. The molecule has 0 aliphatic carbocycles. The molecule has 0 saturated heterocycles. The van der Waals surface area contributed by atoms with E-state index in [9.17, 15) is 4.79 Å². The maximum absolute atomic E-state index is 13.9. The molecule has 0 bridgehead atoms. The largest absolute Gasteiger partial charge is 0.325 e. The van der Waals surface area contributed by atoms with Gasteiger partial charge in [0.05, 0.1) is 5.69 Å². The Morgan fingerprint density at radius 2 is 1.58 bits per heavy atom. The van der Waals surface area contributed by atoms with E-state index in [1.165, 1.54) is 5.56 Å². The van der Waals surface area contributed by atoms with Crippen LogP contribution in [0.15, 0.2) is 87.9 Å². The number of imidazole rings is 1. The summed E-state index contributed by atoms with van der Waals surface area (Å²) in [5.41, 5.74) is 7.89. The molecule has 180 valence electrons. The standard InChI is InChI=1S/C29H22Br2ClN3O/c30-20-11-7-18(8-12-20)25-17-35-27(28(36)33-23-5-3-4-22(32)16-23)26(19-9-13-21(31)14-10-19)24-6-1-2-15-34(25)29(24)35/h3-5,7-14,16-17H,1-2,6,15H2,(H,33,36). The highest BCUT2D eigenvalue weighted by atomic mass is 79.9. The third-order valence-corrected chi connectivity index (χ3v) is 8.00. The third kappa shape index (κ3) is 4.21. The van der Waals surface area contributed by atoms with E-state index in [0.29, 0.717) is 16.4 Å². The highest BCUT2D eigenvalue weighted by molar-refractivity contribution is 9.10. The number of nitrogens with zero attached hydrogens (tertiary/aromatic N) is 2. The topological polar surface area (TPSA) is 38.4 Å². The van der Waals surface area contributed by atoms with Gasteiger partial charge in [0.1, 0.15) is 11.3 Å². The average Bonchev–Trinajstić information content (AvgIpc) is 3.28. The smallest absolute Gasteiger partial charge is 0.273 e. The first-order chi connectivity index (χ1) is 17.5. The molecule has 1 amide bonds. The van der Waals surface area contributed by atoms with Gasteiger partial charge in [0.25, 0.3) is 5.91 Å². The van der Waals surface area contributed by atoms with Gasteiger partial charge < -0.3 is 9.88 Å². The molecule has 0 fully saturated rings. The van der Waals surface area contributed by atoms with E-state index in [-0.39, 0.29) is 5.91 Å². The molecule has 1 aliphatic rings. The number of amides is 1. The number of halogens is 3. The highest BCUT2D eigenvalue weighted by Gasteiger charge is 2.29. The lowest BCUT2D eigenvalue weighted by Crippen LogP contribution is -2.15. The van der Waals surface area contributed by atoms with Crippen LogP contribution in [0.25, 0.3) is 28.0 Å². The number of anilines is 1. The Morgan fingerprint density at radius 1 is 0.889 bits per heavy atom. The fourth-order valence-corrected chi connectivity index (χ4v) is 5.86. The van der Waals surface area contributed by atoms with Crippen molar-refractivity contribution in [1.82, 2.24) is 8.97 Å². The van der Waals surface area contributed by atoms with E-state index in [4.69, 9.17) is 11.6 Å². The van der Waals surface area contributed by atoms with Crippen molar-refractivity contribution in [3.8, 4) is 22.4 Å². The Hall–Kier alpha value is -2.80. The number of rotatable bonds is 4. The van der Waals surface area contributed by atoms with Gasteiger partial charge in [-0.15, -0.1) is 0 Å². The summed E-state index contributed by atoms with van der Waals surface area (Å²) in [6.07, 6.45) is 5.19. The molecule has 3 aromatic carbocycles. The van der Waals surface area contributed by atoms with Crippen LogP contribution in [-0.2, 0) is 13.0 Å². The van der Waals surface area contributed by atoms with Gasteiger partial charge in [-0.1, -0.05) is 73.8 Å². The lowest BCUT2D eigenvalue weighted by Gasteiger charge is -2.11. The number of benzene rings is 3. The SMILES string of the molecule is O=C(Nc1cccc(Cl)c1)c1c(-c2ccc(Br)cc2)c2c3n(c(-c4ccc(Br)cc4)cn13)CCCC2. The molecule has 36 heavy (non-hydrogen) atoms. The predicted molar refractivity (Wildman–Crippen MR) is 154 cm³/mol. The summed E-state index contributed by atoms with van der Waals surface area (Å²) in [6.45, 7) is 0.911. The minimum absolute atomic E-state index is 0.156. The molecular weight excluding hydrogens is 602 g/mol. The van der Waals surface area contributed by atoms with Gasteiger partial charge in [0.2, 0.25) is 0 Å². The van der Waals surface area contributed by atoms with E-state index in [0.717, 1.165) is 62.8 Å². The second-order valence-electron chi connectivity index (χ2n) is 9.00. The molecule has 7 heteroatoms. The zero-order valence-electron chi connectivity index (χ0n) is 19.3. The third-order valence-electron chi connectivity index (χ3n) is 6.70. The molecule has 1 N–H and O–H groups in total. The van der Waals surface area contributed by atoms with Crippen LogP contribution < -0.4 is 5.32 Å². The second-order valence-corrected chi connectivity index (χ2v) is 11.3. The summed E-state index contributed by atoms with van der Waals surface area (Å²) in [5, 5.41) is 3.68. The number of hydrogen-bond donors (Lipinski definition) is 1. The molecule has 0 atom stereocenters. The van der Waals surface area contributed by atoms with E-state index < -0.39 is 0 Å². The summed E-state index contributed by atoms with van der Waals surface area (Å²) in [4.78, 5) is 13.9. The van der Waals surface area contributed by atoms with Crippen molar-refractivity contribution in [1.29, 1.82) is 0 Å². The molecule has 2 aromatic heterocycles. The van der Waals surface area contributed by atoms with Crippen LogP contribution in [0.2, 0.25) is 5.02 Å². The number of aromatic nitrogens is 2. The Labute approximate surface area is 231 Å². The number of hydrogen-bond acceptors (Lipinski definition) is 1. The lowest BCUT2D eigenvalue weighted by molar-refractivity contribution is 0.102. The molecule has 0 saturated carbocycles. The van der Waals surface area contributed by atoms with Crippen LogP contribution in [-0.4, -0.2) is 14.9 Å². The first kappa shape index (κ1) is 23.6. The molecule has 4 nitrogen and oxygen atoms in total. The van der Waals surface area contributed by atoms with Crippen molar-refractivity contribution in [2.24, 2.45) is 0 Å². The number of aryl methyl sites for hydroxylation is 2. The Balaban J connectivity index is 1.61. The minimum atomic E-state index is -0.156. The van der Waals surface area contributed by atoms with Gasteiger partial charge in [0.15, 0.2) is 0 Å². The Morgan fingerprint density at radius 3 is 2.28 bits per heavy atom. The van der Waals surface area contributed by atoms with Crippen LogP contribution in [0.4, 0.5) is 5.69 Å². The molecule has 5 aromatic rings. The van der Waals surface area contributed by atoms with Crippen LogP contribution in [0.1, 0.15) is 28.9 Å². The van der Waals surface area contributed by atoms with Crippen LogP contribution >= 0.6 is 43.5 Å². The Kier molecular flexibility index (Phi) is 6.28. The molecule has 0 radical (unpaired) electrons. The van der Waals surface area contributed by atoms with E-state index in [1.54, 1.807) is 12.1 Å². The Bertz CT molecular complexity index is 1600. The van der Waals surface area contributed by atoms with Crippen molar-refractivity contribution in [3.63, 3.8) is 0 Å². The molecule has 0 unspecified atom stereocenters. The van der Waals surface area contributed by atoms with Crippen molar-refractivity contribution in [2.75, 3.05) is 5.32 Å². The highest BCUT2D eigenvalue weighted by Crippen LogP contribution is 2.40. The van der Waals surface area contributed by atoms with Gasteiger partial charge in [-0.25, -0.2) is 0 Å². The van der Waals surface area contributed by atoms with Crippen LogP contribution in [0, 0.1) is 0 Å². The quantitative estimate of drug-likeness (QED) is 0.213. The van der Waals surface area contributed by atoms with Gasteiger partial charge in [-0.3, -0.25) is 9.20 Å². The van der Waals surface area contributed by atoms with Gasteiger partial charge in [0, 0.05) is 43.5 Å². The minimum Gasteiger partial charge on any atom is -0.325 e. The first-order valence-electron chi connectivity index (χ1n) is 11.8. The molecule has 1 aliphatic heterocycles. The summed E-state index contributed by atoms with van der Waals surface area (Å²) in [7, 11) is 0. The summed E-state index contributed by atoms with van der Waals surface area (Å²) in [5.74, 6) is -0.156. The van der Waals surface area contributed by atoms with Crippen LogP contribution in [0.5, 0.6) is 0 Å². The molecule has 6 rings (SSSR count). The molecule has 3 heterocycles. The predicted octanol–water partition coefficient (Wildman–Crippen LogP) is 8.84. The van der Waals surface area contributed by atoms with Crippen LogP contribution in [0.3, 0.4) is 0 Å².